The standard InChI is InChI=1S/C75H116N10O9/c1-11-12-18-64-81-67-68(85(64)46-73(8,47-86)48-87)59-25-21-53(42-63(59)80-69(67)76)17-14-34-83-35-37-84(38-36-83)44-54-19-23-56(24-20-54)79-70(89)52(7)78-71(90)66(50(4)5)82-65(88)45-93-41-40-92-39-33-77-72(91)94-57-29-31-74(9)55(43-57)22-26-58-61-28-27-60(51(6)16-13-15-49(2)3)75(61,10)32-30-62(58)74/h19-25,42,49-52,57-58,60-62,66,86-87H,11-18,26-41,43-48H2,1-10H3,(H2,76,80)(H,77,91)(H,78,90)(H,79,89)(H,82,88)/t51-,52+,57+,58+,60-,61+,62+,66+,74+,75-/m1/s1. The van der Waals surface area contributed by atoms with E-state index in [0.717, 1.165) is 154 Å². The van der Waals surface area contributed by atoms with Crippen LogP contribution in [0.2, 0.25) is 0 Å². The van der Waals surface area contributed by atoms with Crippen molar-refractivity contribution in [3.63, 3.8) is 0 Å². The third-order valence-corrected chi connectivity index (χ3v) is 22.6. The lowest BCUT2D eigenvalue weighted by atomic mass is 9.47. The molecule has 4 aromatic rings. The number of carbonyl (C=O) groups is 4. The molecular weight excluding hydrogens is 1180 g/mol. The number of nitrogen functional groups attached to an aromatic ring is 1. The Labute approximate surface area is 560 Å². The molecule has 9 rings (SSSR count). The number of amides is 4. The van der Waals surface area contributed by atoms with Crippen molar-refractivity contribution in [2.75, 3.05) is 90.0 Å². The Morgan fingerprint density at radius 1 is 0.798 bits per heavy atom. The van der Waals surface area contributed by atoms with E-state index in [1.165, 1.54) is 62.5 Å². The van der Waals surface area contributed by atoms with Gasteiger partial charge in [0.05, 0.1) is 44.1 Å². The number of aromatic nitrogens is 3. The number of piperazine rings is 1. The summed E-state index contributed by atoms with van der Waals surface area (Å²) < 4.78 is 19.4. The molecule has 2 aromatic carbocycles. The molecule has 1 saturated heterocycles. The summed E-state index contributed by atoms with van der Waals surface area (Å²) in [7, 11) is 0. The molecule has 5 aliphatic rings. The minimum atomic E-state index is -0.884. The highest BCUT2D eigenvalue weighted by Gasteiger charge is 2.59. The molecule has 3 saturated carbocycles. The summed E-state index contributed by atoms with van der Waals surface area (Å²) in [5.74, 6) is 4.48. The lowest BCUT2D eigenvalue weighted by molar-refractivity contribution is -0.133. The van der Waals surface area contributed by atoms with Crippen molar-refractivity contribution in [3.05, 3.63) is 71.1 Å². The molecule has 94 heavy (non-hydrogen) atoms. The Hall–Kier alpha value is -5.70. The highest BCUT2D eigenvalue weighted by molar-refractivity contribution is 6.07. The lowest BCUT2D eigenvalue weighted by Gasteiger charge is -2.58. The number of aliphatic hydroxyl groups excluding tert-OH is 2. The third kappa shape index (κ3) is 17.9. The van der Waals surface area contributed by atoms with Crippen LogP contribution in [-0.4, -0.2) is 155 Å². The van der Waals surface area contributed by atoms with E-state index >= 15 is 0 Å². The number of ether oxygens (including phenoxy) is 3. The van der Waals surface area contributed by atoms with Crippen LogP contribution in [0.1, 0.15) is 176 Å². The van der Waals surface area contributed by atoms with Crippen molar-refractivity contribution in [1.29, 1.82) is 0 Å². The zero-order valence-corrected chi connectivity index (χ0v) is 58.7. The van der Waals surface area contributed by atoms with Gasteiger partial charge in [0.1, 0.15) is 36.1 Å². The first-order chi connectivity index (χ1) is 45.0. The summed E-state index contributed by atoms with van der Waals surface area (Å²) in [6.45, 7) is 28.1. The number of benzene rings is 2. The van der Waals surface area contributed by atoms with E-state index in [9.17, 15) is 29.4 Å². The lowest BCUT2D eigenvalue weighted by Crippen LogP contribution is -2.54. The smallest absolute Gasteiger partial charge is 0.407 e. The first-order valence-corrected chi connectivity index (χ1v) is 36.1. The molecule has 0 radical (unpaired) electrons. The van der Waals surface area contributed by atoms with Crippen LogP contribution in [0.5, 0.6) is 0 Å². The van der Waals surface area contributed by atoms with Crippen LogP contribution in [-0.2, 0) is 54.5 Å². The van der Waals surface area contributed by atoms with Gasteiger partial charge in [0.15, 0.2) is 5.82 Å². The topological polar surface area (TPSA) is 248 Å². The Morgan fingerprint density at radius 3 is 2.26 bits per heavy atom. The maximum atomic E-state index is 13.4. The molecule has 0 bridgehead atoms. The first kappa shape index (κ1) is 72.6. The van der Waals surface area contributed by atoms with Gasteiger partial charge >= 0.3 is 6.09 Å². The second-order valence-electron chi connectivity index (χ2n) is 30.5. The van der Waals surface area contributed by atoms with E-state index in [-0.39, 0.29) is 69.5 Å². The summed E-state index contributed by atoms with van der Waals surface area (Å²) in [5, 5.41) is 32.6. The molecule has 10 atom stereocenters. The fourth-order valence-corrected chi connectivity index (χ4v) is 16.9. The van der Waals surface area contributed by atoms with Crippen molar-refractivity contribution in [1.82, 2.24) is 40.3 Å². The average Bonchev–Trinajstić information content (AvgIpc) is 1.42. The molecule has 4 aliphatic carbocycles. The van der Waals surface area contributed by atoms with E-state index in [1.807, 2.05) is 45.0 Å². The van der Waals surface area contributed by atoms with Gasteiger partial charge in [-0.3, -0.25) is 19.3 Å². The summed E-state index contributed by atoms with van der Waals surface area (Å²) in [5.41, 5.74) is 13.4. The molecule has 1 aliphatic heterocycles. The van der Waals surface area contributed by atoms with Gasteiger partial charge in [-0.05, 0) is 159 Å². The number of rotatable bonds is 33. The number of nitrogens with zero attached hydrogens (tertiary/aromatic N) is 5. The number of aliphatic hydroxyl groups is 2. The van der Waals surface area contributed by atoms with Crippen LogP contribution < -0.4 is 27.0 Å². The second kappa shape index (κ2) is 33.0. The van der Waals surface area contributed by atoms with Crippen molar-refractivity contribution in [2.24, 2.45) is 57.7 Å². The Kier molecular flexibility index (Phi) is 25.5. The van der Waals surface area contributed by atoms with E-state index in [2.05, 4.69) is 101 Å². The van der Waals surface area contributed by atoms with E-state index in [0.29, 0.717) is 29.0 Å². The minimum absolute atomic E-state index is 0.124. The van der Waals surface area contributed by atoms with Crippen LogP contribution in [0.3, 0.4) is 0 Å². The number of nitrogens with one attached hydrogen (secondary N) is 4. The normalized spacial score (nSPS) is 24.3. The first-order valence-electron chi connectivity index (χ1n) is 36.1. The molecule has 8 N–H and O–H groups in total. The molecule has 4 fully saturated rings. The van der Waals surface area contributed by atoms with Crippen LogP contribution in [0, 0.1) is 57.7 Å². The SMILES string of the molecule is CCCCc1nc2c(N)nc3cc(CCCN4CCN(Cc5ccc(NC(=O)[C@H](C)NC(=O)[C@@H](NC(=O)COCCOCCNC(=O)O[C@H]6CC[C@@]7(C)C(=CC[C@H]8[C@@H]9CC[C@H]([C@H](C)CCCC(C)C)[C@@]9(C)CC[C@@H]87)C6)C(C)C)cc5)CC4)ccc3c2n1CC(C)(CO)CO. The number of aryl methyl sites for hydroxylation is 2. The van der Waals surface area contributed by atoms with Crippen LogP contribution in [0.25, 0.3) is 21.9 Å². The number of pyridine rings is 1. The van der Waals surface area contributed by atoms with Gasteiger partial charge in [-0.1, -0.05) is 124 Å². The number of unbranched alkanes of at least 4 members (excludes halogenated alkanes) is 1. The average molecular weight is 1300 g/mol. The molecular formula is C75H116N10O9. The zero-order valence-electron chi connectivity index (χ0n) is 58.7. The van der Waals surface area contributed by atoms with E-state index in [4.69, 9.17) is 29.9 Å². The van der Waals surface area contributed by atoms with E-state index < -0.39 is 35.4 Å². The van der Waals surface area contributed by atoms with Crippen LogP contribution in [0.4, 0.5) is 16.3 Å². The fourth-order valence-electron chi connectivity index (χ4n) is 16.9. The van der Waals surface area contributed by atoms with Gasteiger partial charge in [0.25, 0.3) is 0 Å². The summed E-state index contributed by atoms with van der Waals surface area (Å²) in [6, 6.07) is 12.5. The summed E-state index contributed by atoms with van der Waals surface area (Å²) in [6.07, 6.45) is 20.2. The Morgan fingerprint density at radius 2 is 1.53 bits per heavy atom. The summed E-state index contributed by atoms with van der Waals surface area (Å²) >= 11 is 0. The number of hydrogen-bond donors (Lipinski definition) is 7. The van der Waals surface area contributed by atoms with Gasteiger partial charge in [-0.25, -0.2) is 14.8 Å². The fraction of sp³-hybridized carbons (Fsp3) is 0.707. The second-order valence-corrected chi connectivity index (χ2v) is 30.5. The van der Waals surface area contributed by atoms with Gasteiger partial charge in [-0.2, -0.15) is 0 Å². The number of allylic oxidation sites excluding steroid dienone is 1. The number of hydrogen-bond acceptors (Lipinski definition) is 14. The highest BCUT2D eigenvalue weighted by Crippen LogP contribution is 2.67. The molecule has 520 valence electrons. The van der Waals surface area contributed by atoms with Gasteiger partial charge in [0, 0.05) is 75.1 Å². The molecule has 4 amide bonds. The van der Waals surface area contributed by atoms with Crippen molar-refractivity contribution in [3.8, 4) is 0 Å². The monoisotopic (exact) mass is 1300 g/mol. The predicted octanol–water partition coefficient (Wildman–Crippen LogP) is 11.0. The quantitative estimate of drug-likeness (QED) is 0.0173. The van der Waals surface area contributed by atoms with Crippen molar-refractivity contribution in [2.45, 2.75) is 203 Å². The zero-order chi connectivity index (χ0) is 67.3. The summed E-state index contributed by atoms with van der Waals surface area (Å²) in [4.78, 5) is 67.3. The Balaban J connectivity index is 0.615. The molecule has 3 heterocycles. The molecule has 0 unspecified atom stereocenters. The van der Waals surface area contributed by atoms with Crippen LogP contribution >= 0.6 is 0 Å². The van der Waals surface area contributed by atoms with Crippen LogP contribution in [0.15, 0.2) is 54.1 Å². The largest absolute Gasteiger partial charge is 0.446 e. The van der Waals surface area contributed by atoms with Gasteiger partial charge in [-0.15, -0.1) is 0 Å². The van der Waals surface area contributed by atoms with Crippen molar-refractivity contribution < 1.29 is 43.6 Å². The molecule has 0 spiro atoms. The number of alkyl carbamates (subject to hydrolysis) is 1. The molecule has 2 aromatic heterocycles. The number of imidazole rings is 1. The number of anilines is 2. The molecule has 19 nitrogen and oxygen atoms in total. The maximum Gasteiger partial charge on any atom is 0.407 e. The predicted molar refractivity (Wildman–Crippen MR) is 373 cm³/mol. The Bertz CT molecular complexity index is 3190. The highest BCUT2D eigenvalue weighted by atomic mass is 16.6. The number of nitrogens with two attached hydrogens (primary N) is 1. The molecule has 19 heteroatoms. The third-order valence-electron chi connectivity index (χ3n) is 22.6. The minimum Gasteiger partial charge on any atom is -0.446 e. The van der Waals surface area contributed by atoms with Gasteiger partial charge < -0.3 is 60.9 Å². The van der Waals surface area contributed by atoms with E-state index in [1.54, 1.807) is 6.92 Å². The number of carbonyl (C=O) groups excluding carboxylic acids is 4. The number of fused-ring (bicyclic) bond motifs is 8. The van der Waals surface area contributed by atoms with Gasteiger partial charge in [0.2, 0.25) is 17.7 Å². The van der Waals surface area contributed by atoms with Crippen molar-refractivity contribution >= 4 is 57.3 Å². The maximum absolute atomic E-state index is 13.4.